The Kier molecular flexibility index (Phi) is 6.14. The molecule has 0 aliphatic carbocycles. The Labute approximate surface area is 147 Å². The van der Waals surface area contributed by atoms with E-state index in [9.17, 15) is 13.2 Å². The summed E-state index contributed by atoms with van der Waals surface area (Å²) in [7, 11) is 1.81. The second-order valence-corrected chi connectivity index (χ2v) is 8.15. The van der Waals surface area contributed by atoms with Crippen LogP contribution in [0.2, 0.25) is 5.02 Å². The first-order valence-electron chi connectivity index (χ1n) is 6.64. The Bertz CT molecular complexity index is 659. The topological polar surface area (TPSA) is 75.7 Å². The lowest BCUT2D eigenvalue weighted by Gasteiger charge is -2.29. The third-order valence-electron chi connectivity index (χ3n) is 3.01. The summed E-state index contributed by atoms with van der Waals surface area (Å²) in [5, 5.41) is 0.499. The summed E-state index contributed by atoms with van der Waals surface area (Å²) in [6.45, 7) is 0.519. The first-order chi connectivity index (χ1) is 10.1. The normalized spacial score (nSPS) is 20.8. The molecule has 1 fully saturated rings. The maximum absolute atomic E-state index is 12.3. The van der Waals surface area contributed by atoms with Gasteiger partial charge in [-0.15, -0.1) is 0 Å². The predicted octanol–water partition coefficient (Wildman–Crippen LogP) is -1.79. The van der Waals surface area contributed by atoms with Crippen LogP contribution in [0.1, 0.15) is 0 Å². The van der Waals surface area contributed by atoms with Crippen molar-refractivity contribution >= 4 is 33.6 Å². The SMILES string of the molecule is C[N+](C)(C)C[C@H]1CN(c2ccc(Cl)cc2)S(=O)(=O)NC(=O)O1.[Cl-]. The second-order valence-electron chi connectivity index (χ2n) is 6.11. The average molecular weight is 384 g/mol. The van der Waals surface area contributed by atoms with Crippen molar-refractivity contribution in [2.24, 2.45) is 0 Å². The number of cyclic esters (lactones) is 1. The van der Waals surface area contributed by atoms with Crippen LogP contribution in [0.15, 0.2) is 24.3 Å². The molecular weight excluding hydrogens is 365 g/mol. The first kappa shape index (κ1) is 19.8. The fourth-order valence-corrected chi connectivity index (χ4v) is 3.47. The van der Waals surface area contributed by atoms with E-state index < -0.39 is 22.4 Å². The number of rotatable bonds is 3. The third-order valence-corrected chi connectivity index (χ3v) is 4.63. The maximum Gasteiger partial charge on any atom is 0.422 e. The van der Waals surface area contributed by atoms with Gasteiger partial charge in [-0.25, -0.2) is 13.8 Å². The lowest BCUT2D eigenvalue weighted by Crippen LogP contribution is -3.00. The van der Waals surface area contributed by atoms with Crippen LogP contribution in [-0.2, 0) is 14.9 Å². The molecule has 1 atom stereocenters. The smallest absolute Gasteiger partial charge is 0.422 e. The first-order valence-corrected chi connectivity index (χ1v) is 8.46. The van der Waals surface area contributed by atoms with Gasteiger partial charge in [0, 0.05) is 5.02 Å². The van der Waals surface area contributed by atoms with Crippen LogP contribution < -0.4 is 21.4 Å². The van der Waals surface area contributed by atoms with Crippen molar-refractivity contribution in [2.75, 3.05) is 38.5 Å². The number of nitrogens with zero attached hydrogens (tertiary/aromatic N) is 2. The number of anilines is 1. The van der Waals surface area contributed by atoms with Crippen molar-refractivity contribution in [1.82, 2.24) is 4.72 Å². The molecule has 0 aromatic heterocycles. The molecular formula is C13H19Cl2N3O4S. The van der Waals surface area contributed by atoms with Gasteiger partial charge < -0.3 is 21.6 Å². The molecule has 1 heterocycles. The zero-order chi connectivity index (χ0) is 16.5. The Hall–Kier alpha value is -1.22. The fraction of sp³-hybridized carbons (Fsp3) is 0.462. The Morgan fingerprint density at radius 2 is 1.87 bits per heavy atom. The second kappa shape index (κ2) is 7.12. The standard InChI is InChI=1S/C13H18ClN3O4S.ClH/c1-17(2,3)9-12-8-16(11-6-4-10(14)5-7-11)22(19,20)15-13(18)21-12;/h4-7,12H,8-9H2,1-3H3;1H/t12-;/m1./s1. The van der Waals surface area contributed by atoms with Crippen LogP contribution >= 0.6 is 11.6 Å². The van der Waals surface area contributed by atoms with Crippen molar-refractivity contribution in [3.63, 3.8) is 0 Å². The minimum Gasteiger partial charge on any atom is -1.00 e. The van der Waals surface area contributed by atoms with Crippen LogP contribution in [0.25, 0.3) is 0 Å². The highest BCUT2D eigenvalue weighted by molar-refractivity contribution is 7.91. The molecule has 2 rings (SSSR count). The number of carbonyl (C=O) groups is 1. The number of quaternary nitrogens is 1. The Morgan fingerprint density at radius 1 is 1.30 bits per heavy atom. The van der Waals surface area contributed by atoms with E-state index in [1.807, 2.05) is 25.9 Å². The highest BCUT2D eigenvalue weighted by Gasteiger charge is 2.36. The van der Waals surface area contributed by atoms with Crippen LogP contribution in [0.5, 0.6) is 0 Å². The Balaban J connectivity index is 0.00000264. The van der Waals surface area contributed by atoms with Crippen LogP contribution in [0, 0.1) is 0 Å². The van der Waals surface area contributed by atoms with Gasteiger partial charge in [0.25, 0.3) is 0 Å². The summed E-state index contributed by atoms with van der Waals surface area (Å²) in [6.07, 6.45) is -1.53. The molecule has 1 aliphatic heterocycles. The van der Waals surface area contributed by atoms with Gasteiger partial charge in [0.05, 0.1) is 33.4 Å². The van der Waals surface area contributed by atoms with Gasteiger partial charge in [-0.3, -0.25) is 0 Å². The molecule has 1 aromatic carbocycles. The minimum absolute atomic E-state index is 0. The number of hydrogen-bond donors (Lipinski definition) is 1. The van der Waals surface area contributed by atoms with E-state index in [-0.39, 0.29) is 19.0 Å². The van der Waals surface area contributed by atoms with Crippen LogP contribution in [0.4, 0.5) is 10.5 Å². The molecule has 1 saturated heterocycles. The van der Waals surface area contributed by atoms with Crippen LogP contribution in [-0.4, -0.2) is 59.3 Å². The van der Waals surface area contributed by atoms with E-state index in [1.54, 1.807) is 24.3 Å². The van der Waals surface area contributed by atoms with Gasteiger partial charge in [-0.2, -0.15) is 8.42 Å². The summed E-state index contributed by atoms with van der Waals surface area (Å²) in [4.78, 5) is 11.7. The van der Waals surface area contributed by atoms with E-state index in [0.717, 1.165) is 4.31 Å². The predicted molar refractivity (Wildman–Crippen MR) is 84.0 cm³/mol. The molecule has 1 aliphatic rings. The van der Waals surface area contributed by atoms with E-state index in [2.05, 4.69) is 0 Å². The zero-order valence-electron chi connectivity index (χ0n) is 13.0. The van der Waals surface area contributed by atoms with Crippen molar-refractivity contribution in [1.29, 1.82) is 0 Å². The maximum atomic E-state index is 12.3. The van der Waals surface area contributed by atoms with Crippen molar-refractivity contribution in [3.8, 4) is 0 Å². The molecule has 1 amide bonds. The van der Waals surface area contributed by atoms with Gasteiger partial charge in [-0.1, -0.05) is 11.6 Å². The lowest BCUT2D eigenvalue weighted by molar-refractivity contribution is -0.873. The quantitative estimate of drug-likeness (QED) is 0.625. The molecule has 1 N–H and O–H groups in total. The summed E-state index contributed by atoms with van der Waals surface area (Å²) in [5.74, 6) is 0. The number of hydrogen-bond acceptors (Lipinski definition) is 4. The largest absolute Gasteiger partial charge is 1.00 e. The van der Waals surface area contributed by atoms with E-state index in [0.29, 0.717) is 21.7 Å². The fourth-order valence-electron chi connectivity index (χ4n) is 2.21. The number of halogens is 2. The summed E-state index contributed by atoms with van der Waals surface area (Å²) in [6, 6.07) is 6.35. The third kappa shape index (κ3) is 5.42. The summed E-state index contributed by atoms with van der Waals surface area (Å²) >= 11 is 5.83. The van der Waals surface area contributed by atoms with Gasteiger partial charge in [0.2, 0.25) is 0 Å². The lowest BCUT2D eigenvalue weighted by atomic mass is 10.2. The minimum atomic E-state index is -4.00. The molecule has 0 spiro atoms. The molecule has 0 saturated carbocycles. The molecule has 0 radical (unpaired) electrons. The van der Waals surface area contributed by atoms with E-state index >= 15 is 0 Å². The number of nitrogens with one attached hydrogen (secondary N) is 1. The van der Waals surface area contributed by atoms with E-state index in [4.69, 9.17) is 16.3 Å². The highest BCUT2D eigenvalue weighted by Crippen LogP contribution is 2.23. The summed E-state index contributed by atoms with van der Waals surface area (Å²) < 4.78 is 33.3. The van der Waals surface area contributed by atoms with Crippen molar-refractivity contribution < 1.29 is 34.8 Å². The monoisotopic (exact) mass is 383 g/mol. The molecule has 7 nitrogen and oxygen atoms in total. The molecule has 1 aromatic rings. The molecule has 10 heteroatoms. The molecule has 0 bridgehead atoms. The Morgan fingerprint density at radius 3 is 2.39 bits per heavy atom. The number of benzene rings is 1. The van der Waals surface area contributed by atoms with Gasteiger partial charge in [-0.05, 0) is 24.3 Å². The molecule has 23 heavy (non-hydrogen) atoms. The average Bonchev–Trinajstić information content (AvgIpc) is 2.44. The number of amides is 1. The van der Waals surface area contributed by atoms with Gasteiger partial charge in [0.15, 0.2) is 6.10 Å². The summed E-state index contributed by atoms with van der Waals surface area (Å²) in [5.41, 5.74) is 0.418. The molecule has 130 valence electrons. The van der Waals surface area contributed by atoms with Crippen LogP contribution in [0.3, 0.4) is 0 Å². The number of ether oxygens (including phenoxy) is 1. The van der Waals surface area contributed by atoms with Crippen molar-refractivity contribution in [2.45, 2.75) is 6.10 Å². The zero-order valence-corrected chi connectivity index (χ0v) is 15.3. The van der Waals surface area contributed by atoms with Crippen molar-refractivity contribution in [3.05, 3.63) is 29.3 Å². The van der Waals surface area contributed by atoms with Gasteiger partial charge in [0.1, 0.15) is 6.54 Å². The van der Waals surface area contributed by atoms with E-state index in [1.165, 1.54) is 0 Å². The molecule has 0 unspecified atom stereocenters. The number of likely N-dealkylation sites (N-methyl/N-ethyl adjacent to an activating group) is 1. The number of carbonyl (C=O) groups excluding carboxylic acids is 1. The highest BCUT2D eigenvalue weighted by atomic mass is 35.5. The van der Waals surface area contributed by atoms with Gasteiger partial charge >= 0.3 is 16.3 Å².